The monoisotopic (exact) mass is 480 g/mol. The first-order valence-electron chi connectivity index (χ1n) is 9.60. The smallest absolute Gasteiger partial charge is 0.266 e. The van der Waals surface area contributed by atoms with Gasteiger partial charge in [0.1, 0.15) is 9.33 Å². The molecule has 158 valence electrons. The molecule has 2 amide bonds. The molecule has 0 bridgehead atoms. The van der Waals surface area contributed by atoms with Crippen molar-refractivity contribution in [2.45, 2.75) is 39.0 Å². The summed E-state index contributed by atoms with van der Waals surface area (Å²) in [4.78, 5) is 26.9. The van der Waals surface area contributed by atoms with Crippen molar-refractivity contribution in [3.8, 4) is 0 Å². The number of anilines is 1. The summed E-state index contributed by atoms with van der Waals surface area (Å²) >= 11 is 14.2. The van der Waals surface area contributed by atoms with Crippen LogP contribution in [0.1, 0.15) is 43.2 Å². The first-order chi connectivity index (χ1) is 14.5. The lowest BCUT2D eigenvalue weighted by molar-refractivity contribution is -0.122. The highest BCUT2D eigenvalue weighted by atomic mass is 35.5. The van der Waals surface area contributed by atoms with Gasteiger partial charge in [-0.3, -0.25) is 14.5 Å². The molecule has 0 unspecified atom stereocenters. The highest BCUT2D eigenvalue weighted by Crippen LogP contribution is 2.33. The van der Waals surface area contributed by atoms with Crippen molar-refractivity contribution >= 4 is 74.3 Å². The number of hydrogen-bond acceptors (Lipinski definition) is 7. The minimum atomic E-state index is -0.157. The van der Waals surface area contributed by atoms with Gasteiger partial charge in [0, 0.05) is 24.4 Å². The SMILES string of the molecule is CCCCc1nnc(NC(=O)CCCN2C(=O)C(=Cc3ccccc3Cl)SC2=S)s1. The summed E-state index contributed by atoms with van der Waals surface area (Å²) < 4.78 is 0.489. The predicted molar refractivity (Wildman–Crippen MR) is 128 cm³/mol. The Balaban J connectivity index is 1.49. The molecule has 3 rings (SSSR count). The summed E-state index contributed by atoms with van der Waals surface area (Å²) in [5.41, 5.74) is 0.773. The summed E-state index contributed by atoms with van der Waals surface area (Å²) in [5.74, 6) is -0.305. The minimum absolute atomic E-state index is 0.148. The second-order valence-corrected chi connectivity index (χ2v) is 9.76. The lowest BCUT2D eigenvalue weighted by atomic mass is 10.2. The van der Waals surface area contributed by atoms with Crippen molar-refractivity contribution in [3.63, 3.8) is 0 Å². The van der Waals surface area contributed by atoms with Gasteiger partial charge in [-0.05, 0) is 30.5 Å². The van der Waals surface area contributed by atoms with Gasteiger partial charge in [-0.2, -0.15) is 0 Å². The fourth-order valence-corrected chi connectivity index (χ4v) is 5.03. The van der Waals surface area contributed by atoms with Crippen LogP contribution in [0.2, 0.25) is 5.02 Å². The normalized spacial score (nSPS) is 15.3. The van der Waals surface area contributed by atoms with Crippen LogP contribution in [-0.2, 0) is 16.0 Å². The average Bonchev–Trinajstić information content (AvgIpc) is 3.27. The molecule has 1 fully saturated rings. The van der Waals surface area contributed by atoms with E-state index in [9.17, 15) is 9.59 Å². The molecule has 1 aliphatic heterocycles. The van der Waals surface area contributed by atoms with Gasteiger partial charge in [0.2, 0.25) is 11.0 Å². The molecule has 30 heavy (non-hydrogen) atoms. The van der Waals surface area contributed by atoms with E-state index in [0.29, 0.717) is 32.3 Å². The molecule has 0 spiro atoms. The Bertz CT molecular complexity index is 976. The maximum atomic E-state index is 12.7. The van der Waals surface area contributed by atoms with Crippen LogP contribution in [0, 0.1) is 0 Å². The standard InChI is InChI=1S/C20H21ClN4O2S3/c1-2-3-10-17-23-24-19(30-17)22-16(26)9-6-11-25-18(27)15(29-20(25)28)12-13-7-4-5-8-14(13)21/h4-5,7-8,12H,2-3,6,9-11H2,1H3,(H,22,24,26). The third-order valence-corrected chi connectivity index (χ3v) is 6.93. The first kappa shape index (κ1) is 22.9. The van der Waals surface area contributed by atoms with Crippen LogP contribution in [0.3, 0.4) is 0 Å². The molecule has 1 aliphatic rings. The molecular formula is C20H21ClN4O2S3. The van der Waals surface area contributed by atoms with Crippen LogP contribution in [-0.4, -0.2) is 37.8 Å². The number of nitrogens with one attached hydrogen (secondary N) is 1. The van der Waals surface area contributed by atoms with Crippen molar-refractivity contribution in [1.82, 2.24) is 15.1 Å². The summed E-state index contributed by atoms with van der Waals surface area (Å²) in [6.07, 6.45) is 5.53. The van der Waals surface area contributed by atoms with E-state index in [1.165, 1.54) is 28.0 Å². The Morgan fingerprint density at radius 3 is 2.87 bits per heavy atom. The number of thioether (sulfide) groups is 1. The predicted octanol–water partition coefficient (Wildman–Crippen LogP) is 5.15. The molecule has 0 saturated carbocycles. The number of halogens is 1. The molecule has 6 nitrogen and oxygen atoms in total. The van der Waals surface area contributed by atoms with Crippen molar-refractivity contribution in [1.29, 1.82) is 0 Å². The van der Waals surface area contributed by atoms with E-state index in [1.54, 1.807) is 12.1 Å². The van der Waals surface area contributed by atoms with Crippen LogP contribution in [0.4, 0.5) is 5.13 Å². The lowest BCUT2D eigenvalue weighted by Gasteiger charge is -2.13. The number of carbonyl (C=O) groups is 2. The number of carbonyl (C=O) groups excluding carboxylic acids is 2. The molecule has 1 saturated heterocycles. The number of aromatic nitrogens is 2. The van der Waals surface area contributed by atoms with E-state index >= 15 is 0 Å². The van der Waals surface area contributed by atoms with E-state index in [2.05, 4.69) is 22.4 Å². The maximum absolute atomic E-state index is 12.7. The quantitative estimate of drug-likeness (QED) is 0.395. The van der Waals surface area contributed by atoms with Gasteiger partial charge in [-0.1, -0.05) is 78.5 Å². The summed E-state index contributed by atoms with van der Waals surface area (Å²) in [6, 6.07) is 7.32. The molecule has 0 aliphatic carbocycles. The van der Waals surface area contributed by atoms with Crippen molar-refractivity contribution in [2.75, 3.05) is 11.9 Å². The molecule has 10 heteroatoms. The second-order valence-electron chi connectivity index (χ2n) is 6.61. The van der Waals surface area contributed by atoms with E-state index in [1.807, 2.05) is 18.2 Å². The zero-order valence-corrected chi connectivity index (χ0v) is 19.6. The van der Waals surface area contributed by atoms with Gasteiger partial charge >= 0.3 is 0 Å². The van der Waals surface area contributed by atoms with Crippen LogP contribution < -0.4 is 5.32 Å². The fourth-order valence-electron chi connectivity index (χ4n) is 2.74. The Morgan fingerprint density at radius 2 is 2.10 bits per heavy atom. The van der Waals surface area contributed by atoms with Gasteiger partial charge in [-0.25, -0.2) is 0 Å². The third-order valence-electron chi connectivity index (χ3n) is 4.31. The molecule has 1 aromatic carbocycles. The second kappa shape index (κ2) is 11.0. The van der Waals surface area contributed by atoms with Crippen LogP contribution >= 0.6 is 46.9 Å². The molecular weight excluding hydrogens is 460 g/mol. The molecule has 2 aromatic rings. The topological polar surface area (TPSA) is 75.2 Å². The van der Waals surface area contributed by atoms with E-state index in [-0.39, 0.29) is 18.2 Å². The highest BCUT2D eigenvalue weighted by Gasteiger charge is 2.31. The Labute approximate surface area is 194 Å². The first-order valence-corrected chi connectivity index (χ1v) is 12.0. The fraction of sp³-hybridized carbons (Fsp3) is 0.350. The zero-order valence-electron chi connectivity index (χ0n) is 16.4. The van der Waals surface area contributed by atoms with Crippen LogP contribution in [0.15, 0.2) is 29.2 Å². The summed E-state index contributed by atoms with van der Waals surface area (Å²) in [5, 5.41) is 12.9. The number of benzene rings is 1. The number of unbranched alkanes of at least 4 members (excludes halogenated alkanes) is 1. The number of nitrogens with zero attached hydrogens (tertiary/aromatic N) is 3. The molecule has 1 N–H and O–H groups in total. The number of aryl methyl sites for hydroxylation is 1. The number of hydrogen-bond donors (Lipinski definition) is 1. The van der Waals surface area contributed by atoms with Crippen molar-refractivity contribution < 1.29 is 9.59 Å². The van der Waals surface area contributed by atoms with E-state index in [0.717, 1.165) is 29.8 Å². The minimum Gasteiger partial charge on any atom is -0.301 e. The number of amides is 2. The average molecular weight is 481 g/mol. The van der Waals surface area contributed by atoms with Crippen molar-refractivity contribution in [2.24, 2.45) is 0 Å². The van der Waals surface area contributed by atoms with E-state index in [4.69, 9.17) is 23.8 Å². The molecule has 1 aromatic heterocycles. The van der Waals surface area contributed by atoms with Gasteiger partial charge < -0.3 is 5.32 Å². The van der Waals surface area contributed by atoms with Gasteiger partial charge in [-0.15, -0.1) is 10.2 Å². The Kier molecular flexibility index (Phi) is 8.38. The summed E-state index contributed by atoms with van der Waals surface area (Å²) in [7, 11) is 0. The largest absolute Gasteiger partial charge is 0.301 e. The van der Waals surface area contributed by atoms with E-state index < -0.39 is 0 Å². The van der Waals surface area contributed by atoms with Gasteiger partial charge in [0.05, 0.1) is 4.91 Å². The van der Waals surface area contributed by atoms with Gasteiger partial charge in [0.25, 0.3) is 5.91 Å². The number of thiocarbonyl (C=S) groups is 1. The lowest BCUT2D eigenvalue weighted by Crippen LogP contribution is -2.29. The maximum Gasteiger partial charge on any atom is 0.266 e. The molecule has 2 heterocycles. The van der Waals surface area contributed by atoms with Crippen LogP contribution in [0.5, 0.6) is 0 Å². The van der Waals surface area contributed by atoms with Crippen LogP contribution in [0.25, 0.3) is 6.08 Å². The zero-order chi connectivity index (χ0) is 21.5. The third kappa shape index (κ3) is 6.10. The molecule has 0 atom stereocenters. The van der Waals surface area contributed by atoms with Crippen molar-refractivity contribution in [3.05, 3.63) is 44.8 Å². The summed E-state index contributed by atoms with van der Waals surface area (Å²) in [6.45, 7) is 2.50. The number of rotatable bonds is 9. The van der Waals surface area contributed by atoms with Gasteiger partial charge in [0.15, 0.2) is 0 Å². The Hall–Kier alpha value is -1.81. The molecule has 0 radical (unpaired) electrons. The highest BCUT2D eigenvalue weighted by molar-refractivity contribution is 8.26. The Morgan fingerprint density at radius 1 is 1.30 bits per heavy atom.